The third kappa shape index (κ3) is 2.98. The van der Waals surface area contributed by atoms with Gasteiger partial charge in [-0.1, -0.05) is 0 Å². The highest BCUT2D eigenvalue weighted by molar-refractivity contribution is 6.66. The van der Waals surface area contributed by atoms with Crippen molar-refractivity contribution >= 4 is 34.5 Å². The van der Waals surface area contributed by atoms with Gasteiger partial charge in [-0.15, -0.1) is 0 Å². The van der Waals surface area contributed by atoms with Gasteiger partial charge in [-0.3, -0.25) is 4.79 Å². The highest BCUT2D eigenvalue weighted by atomic mass is 35.5. The fourth-order valence-corrected chi connectivity index (χ4v) is 0.731. The number of halogens is 2. The summed E-state index contributed by atoms with van der Waals surface area (Å²) in [6.45, 7) is 0. The number of aromatic nitrogens is 2. The van der Waals surface area contributed by atoms with Crippen LogP contribution in [-0.2, 0) is 4.79 Å². The zero-order valence-corrected chi connectivity index (χ0v) is 7.38. The van der Waals surface area contributed by atoms with Gasteiger partial charge in [0.05, 0.1) is 0 Å². The van der Waals surface area contributed by atoms with E-state index >= 15 is 0 Å². The number of allylic oxidation sites excluding steroid dienone is 1. The Morgan fingerprint density at radius 2 is 2.00 bits per heavy atom. The van der Waals surface area contributed by atoms with Crippen LogP contribution in [0.5, 0.6) is 0 Å². The number of nitrogens with zero attached hydrogens (tertiary/aromatic N) is 2. The molecule has 0 saturated heterocycles. The molecule has 0 aromatic carbocycles. The first-order chi connectivity index (χ1) is 5.68. The maximum Gasteiger partial charge on any atom is 0.245 e. The molecule has 0 saturated carbocycles. The maximum absolute atomic E-state index is 10.3. The molecule has 0 aliphatic rings. The van der Waals surface area contributed by atoms with Crippen molar-refractivity contribution in [2.24, 2.45) is 0 Å². The molecular weight excluding hydrogens is 199 g/mol. The molecule has 1 aromatic heterocycles. The minimum absolute atomic E-state index is 0.171. The minimum Gasteiger partial charge on any atom is -0.276 e. The van der Waals surface area contributed by atoms with Crippen LogP contribution in [0.25, 0.3) is 6.08 Å². The van der Waals surface area contributed by atoms with Crippen molar-refractivity contribution in [3.05, 3.63) is 29.3 Å². The summed E-state index contributed by atoms with van der Waals surface area (Å²) < 4.78 is 0. The quantitative estimate of drug-likeness (QED) is 0.418. The lowest BCUT2D eigenvalue weighted by atomic mass is 10.3. The fourth-order valence-electron chi connectivity index (χ4n) is 0.570. The molecule has 0 N–H and O–H groups in total. The van der Waals surface area contributed by atoms with Crippen molar-refractivity contribution < 1.29 is 4.79 Å². The topological polar surface area (TPSA) is 42.9 Å². The normalized spacial score (nSPS) is 10.5. The van der Waals surface area contributed by atoms with Gasteiger partial charge in [-0.2, -0.15) is 0 Å². The zero-order chi connectivity index (χ0) is 8.97. The van der Waals surface area contributed by atoms with Gasteiger partial charge in [0.15, 0.2) is 0 Å². The average Bonchev–Trinajstić information content (AvgIpc) is 2.03. The predicted molar refractivity (Wildman–Crippen MR) is 46.9 cm³/mol. The second-order valence-electron chi connectivity index (χ2n) is 1.92. The number of hydrogen-bond donors (Lipinski definition) is 0. The van der Waals surface area contributed by atoms with Gasteiger partial charge >= 0.3 is 0 Å². The molecule has 0 aliphatic heterocycles. The maximum atomic E-state index is 10.3. The lowest BCUT2D eigenvalue weighted by molar-refractivity contribution is -0.107. The molecule has 5 heteroatoms. The van der Waals surface area contributed by atoms with Gasteiger partial charge in [0.2, 0.25) is 10.5 Å². The number of rotatable bonds is 2. The van der Waals surface area contributed by atoms with Crippen molar-refractivity contribution in [1.29, 1.82) is 0 Å². The summed E-state index contributed by atoms with van der Waals surface area (Å²) in [7, 11) is 0. The molecule has 0 bridgehead atoms. The second kappa shape index (κ2) is 4.18. The molecule has 0 aliphatic carbocycles. The number of carbonyl (C=O) groups is 1. The van der Waals surface area contributed by atoms with Crippen LogP contribution in [0.4, 0.5) is 0 Å². The monoisotopic (exact) mass is 202 g/mol. The molecule has 0 spiro atoms. The van der Waals surface area contributed by atoms with E-state index in [2.05, 4.69) is 9.97 Å². The van der Waals surface area contributed by atoms with Gasteiger partial charge in [0.1, 0.15) is 0 Å². The summed E-state index contributed by atoms with van der Waals surface area (Å²) in [6.07, 6.45) is 5.71. The lowest BCUT2D eigenvalue weighted by Crippen LogP contribution is -1.83. The lowest BCUT2D eigenvalue weighted by Gasteiger charge is -1.89. The van der Waals surface area contributed by atoms with Crippen LogP contribution in [0.3, 0.4) is 0 Å². The van der Waals surface area contributed by atoms with Crippen molar-refractivity contribution in [2.75, 3.05) is 0 Å². The summed E-state index contributed by atoms with van der Waals surface area (Å²) in [4.78, 5) is 17.7. The molecule has 1 rings (SSSR count). The van der Waals surface area contributed by atoms with Gasteiger partial charge in [-0.25, -0.2) is 9.97 Å². The van der Waals surface area contributed by atoms with Crippen LogP contribution in [0, 0.1) is 0 Å². The van der Waals surface area contributed by atoms with E-state index in [1.54, 1.807) is 0 Å². The van der Waals surface area contributed by atoms with Crippen LogP contribution in [0.1, 0.15) is 5.56 Å². The smallest absolute Gasteiger partial charge is 0.245 e. The SMILES string of the molecule is O=C(Cl)/C=C/c1cnc(Cl)nc1. The first kappa shape index (κ1) is 9.16. The summed E-state index contributed by atoms with van der Waals surface area (Å²) in [5.74, 6) is 0. The van der Waals surface area contributed by atoms with Crippen LogP contribution in [0.15, 0.2) is 18.5 Å². The Hall–Kier alpha value is -0.930. The molecule has 0 radical (unpaired) electrons. The fraction of sp³-hybridized carbons (Fsp3) is 0. The van der Waals surface area contributed by atoms with E-state index in [-0.39, 0.29) is 5.28 Å². The van der Waals surface area contributed by atoms with Gasteiger partial charge in [0, 0.05) is 18.0 Å². The van der Waals surface area contributed by atoms with E-state index in [4.69, 9.17) is 23.2 Å². The van der Waals surface area contributed by atoms with Crippen molar-refractivity contribution in [2.45, 2.75) is 0 Å². The van der Waals surface area contributed by atoms with Crippen LogP contribution < -0.4 is 0 Å². The Morgan fingerprint density at radius 1 is 1.42 bits per heavy atom. The van der Waals surface area contributed by atoms with E-state index in [0.29, 0.717) is 5.56 Å². The second-order valence-corrected chi connectivity index (χ2v) is 2.63. The van der Waals surface area contributed by atoms with Gasteiger partial charge in [-0.05, 0) is 35.4 Å². The van der Waals surface area contributed by atoms with E-state index < -0.39 is 5.24 Å². The average molecular weight is 203 g/mol. The first-order valence-corrected chi connectivity index (χ1v) is 3.79. The minimum atomic E-state index is -0.537. The van der Waals surface area contributed by atoms with E-state index in [1.807, 2.05) is 0 Å². The van der Waals surface area contributed by atoms with Gasteiger partial charge < -0.3 is 0 Å². The van der Waals surface area contributed by atoms with Crippen LogP contribution in [0.2, 0.25) is 5.28 Å². The standard InChI is InChI=1S/C7H4Cl2N2O/c8-6(12)2-1-5-3-10-7(9)11-4-5/h1-4H/b2-1+. The molecule has 0 atom stereocenters. The summed E-state index contributed by atoms with van der Waals surface area (Å²) in [5.41, 5.74) is 0.674. The molecule has 62 valence electrons. The van der Waals surface area contributed by atoms with Gasteiger partial charge in [0.25, 0.3) is 0 Å². The molecule has 3 nitrogen and oxygen atoms in total. The van der Waals surface area contributed by atoms with Crippen molar-refractivity contribution in [3.63, 3.8) is 0 Å². The van der Waals surface area contributed by atoms with Crippen LogP contribution >= 0.6 is 23.2 Å². The Bertz CT molecular complexity index is 308. The molecule has 12 heavy (non-hydrogen) atoms. The van der Waals surface area contributed by atoms with E-state index in [0.717, 1.165) is 0 Å². The van der Waals surface area contributed by atoms with Crippen molar-refractivity contribution in [1.82, 2.24) is 9.97 Å². The summed E-state index contributed by atoms with van der Waals surface area (Å²) in [5, 5.41) is -0.366. The number of hydrogen-bond acceptors (Lipinski definition) is 3. The zero-order valence-electron chi connectivity index (χ0n) is 5.87. The molecule has 1 aromatic rings. The van der Waals surface area contributed by atoms with E-state index in [9.17, 15) is 4.79 Å². The highest BCUT2D eigenvalue weighted by Crippen LogP contribution is 2.02. The third-order valence-electron chi connectivity index (χ3n) is 1.05. The van der Waals surface area contributed by atoms with E-state index in [1.165, 1.54) is 24.5 Å². The highest BCUT2D eigenvalue weighted by Gasteiger charge is 1.91. The molecule has 0 unspecified atom stereocenters. The third-order valence-corrected chi connectivity index (χ3v) is 1.37. The molecule has 0 amide bonds. The summed E-state index contributed by atoms with van der Waals surface area (Å²) >= 11 is 10.5. The van der Waals surface area contributed by atoms with Crippen molar-refractivity contribution in [3.8, 4) is 0 Å². The summed E-state index contributed by atoms with van der Waals surface area (Å²) in [6, 6.07) is 0. The Labute approximate surface area is 79.0 Å². The Balaban J connectivity index is 2.77. The van der Waals surface area contributed by atoms with Crippen LogP contribution in [-0.4, -0.2) is 15.2 Å². The largest absolute Gasteiger partial charge is 0.276 e. The molecule has 1 heterocycles. The molecular formula is C7H4Cl2N2O. The number of carbonyl (C=O) groups excluding carboxylic acids is 1. The predicted octanol–water partition coefficient (Wildman–Crippen LogP) is 1.91. The Morgan fingerprint density at radius 3 is 2.50 bits per heavy atom. The molecule has 0 fully saturated rings. The Kier molecular flexibility index (Phi) is 3.19. The first-order valence-electron chi connectivity index (χ1n) is 3.03.